The van der Waals surface area contributed by atoms with E-state index >= 15 is 0 Å². The maximum Gasteiger partial charge on any atom is 0.254 e. The molecule has 122 valence electrons. The summed E-state index contributed by atoms with van der Waals surface area (Å²) >= 11 is 0. The zero-order valence-corrected chi connectivity index (χ0v) is 13.8. The highest BCUT2D eigenvalue weighted by Gasteiger charge is 2.30. The van der Waals surface area contributed by atoms with Gasteiger partial charge in [-0.1, -0.05) is 24.3 Å². The van der Waals surface area contributed by atoms with E-state index in [0.29, 0.717) is 6.54 Å². The first-order chi connectivity index (χ1) is 11.0. The summed E-state index contributed by atoms with van der Waals surface area (Å²) in [4.78, 5) is 14.7. The predicted molar refractivity (Wildman–Crippen MR) is 91.1 cm³/mol. The average molecular weight is 312 g/mol. The third-order valence-corrected chi connectivity index (χ3v) is 4.55. The second-order valence-corrected chi connectivity index (χ2v) is 6.41. The van der Waals surface area contributed by atoms with Crippen LogP contribution in [0.2, 0.25) is 0 Å². The van der Waals surface area contributed by atoms with Gasteiger partial charge in [-0.2, -0.15) is 0 Å². The molecule has 1 aliphatic heterocycles. The number of carbonyl (C=O) groups excluding carboxylic acids is 1. The van der Waals surface area contributed by atoms with E-state index in [0.717, 1.165) is 41.8 Å². The number of amides is 1. The van der Waals surface area contributed by atoms with Gasteiger partial charge >= 0.3 is 0 Å². The molecule has 1 aromatic carbocycles. The zero-order valence-electron chi connectivity index (χ0n) is 13.8. The SMILES string of the molecule is Cc1cccc(C)c1C(=O)N1CC[C@H](OC2C=C(N)C=CC2)C1. The molecule has 1 amide bonds. The number of carbonyl (C=O) groups is 1. The summed E-state index contributed by atoms with van der Waals surface area (Å²) in [7, 11) is 0. The lowest BCUT2D eigenvalue weighted by Crippen LogP contribution is -2.32. The van der Waals surface area contributed by atoms with Gasteiger partial charge in [0.2, 0.25) is 0 Å². The minimum absolute atomic E-state index is 0.0280. The number of ether oxygens (including phenoxy) is 1. The van der Waals surface area contributed by atoms with Crippen molar-refractivity contribution in [2.45, 2.75) is 38.9 Å². The minimum atomic E-state index is 0.0280. The molecule has 0 saturated carbocycles. The predicted octanol–water partition coefficient (Wildman–Crippen LogP) is 2.71. The molecule has 0 bridgehead atoms. The number of allylic oxidation sites excluding steroid dienone is 1. The van der Waals surface area contributed by atoms with Crippen LogP contribution in [0.4, 0.5) is 0 Å². The zero-order chi connectivity index (χ0) is 16.4. The Morgan fingerprint density at radius 1 is 1.30 bits per heavy atom. The van der Waals surface area contributed by atoms with E-state index in [1.807, 2.05) is 55.2 Å². The van der Waals surface area contributed by atoms with Crippen LogP contribution in [0.25, 0.3) is 0 Å². The summed E-state index contributed by atoms with van der Waals surface area (Å²) in [5.74, 6) is 0.116. The Kier molecular flexibility index (Phi) is 4.53. The van der Waals surface area contributed by atoms with Gasteiger partial charge in [-0.05, 0) is 50.0 Å². The first-order valence-electron chi connectivity index (χ1n) is 8.19. The fraction of sp³-hybridized carbons (Fsp3) is 0.421. The maximum absolute atomic E-state index is 12.8. The topological polar surface area (TPSA) is 55.6 Å². The van der Waals surface area contributed by atoms with Gasteiger partial charge in [0, 0.05) is 24.4 Å². The fourth-order valence-electron chi connectivity index (χ4n) is 3.35. The first kappa shape index (κ1) is 15.8. The molecule has 2 atom stereocenters. The van der Waals surface area contributed by atoms with Gasteiger partial charge in [-0.15, -0.1) is 0 Å². The van der Waals surface area contributed by atoms with Gasteiger partial charge in [0.25, 0.3) is 5.91 Å². The molecule has 1 heterocycles. The van der Waals surface area contributed by atoms with Crippen molar-refractivity contribution in [1.29, 1.82) is 0 Å². The normalized spacial score (nSPS) is 23.9. The summed E-state index contributed by atoms with van der Waals surface area (Å²) in [6.07, 6.45) is 7.74. The van der Waals surface area contributed by atoms with Crippen LogP contribution < -0.4 is 5.73 Å². The Morgan fingerprint density at radius 2 is 2.04 bits per heavy atom. The van der Waals surface area contributed by atoms with Crippen LogP contribution in [0.1, 0.15) is 34.3 Å². The highest BCUT2D eigenvalue weighted by molar-refractivity contribution is 5.97. The second kappa shape index (κ2) is 6.59. The molecule has 2 aliphatic rings. The lowest BCUT2D eigenvalue weighted by molar-refractivity contribution is 0.0196. The molecular formula is C19H24N2O2. The Hall–Kier alpha value is -2.07. The van der Waals surface area contributed by atoms with E-state index in [-0.39, 0.29) is 18.1 Å². The standard InChI is InChI=1S/C19H24N2O2/c1-13-5-3-6-14(2)18(13)19(22)21-10-9-17(12-21)23-16-8-4-7-15(20)11-16/h3-7,11,16-17H,8-10,12,20H2,1-2H3/t16?,17-/m0/s1. The molecule has 1 saturated heterocycles. The molecule has 1 fully saturated rings. The first-order valence-corrected chi connectivity index (χ1v) is 8.19. The van der Waals surface area contributed by atoms with Crippen molar-refractivity contribution in [2.24, 2.45) is 5.73 Å². The highest BCUT2D eigenvalue weighted by atomic mass is 16.5. The van der Waals surface area contributed by atoms with Gasteiger partial charge in [-0.3, -0.25) is 4.79 Å². The van der Waals surface area contributed by atoms with Crippen molar-refractivity contribution in [2.75, 3.05) is 13.1 Å². The van der Waals surface area contributed by atoms with Gasteiger partial charge < -0.3 is 15.4 Å². The molecule has 0 aromatic heterocycles. The van der Waals surface area contributed by atoms with Crippen molar-refractivity contribution >= 4 is 5.91 Å². The molecule has 4 nitrogen and oxygen atoms in total. The lowest BCUT2D eigenvalue weighted by atomic mass is 10.0. The van der Waals surface area contributed by atoms with Gasteiger partial charge in [0.1, 0.15) is 0 Å². The monoisotopic (exact) mass is 312 g/mol. The van der Waals surface area contributed by atoms with Gasteiger partial charge in [-0.25, -0.2) is 0 Å². The molecule has 1 unspecified atom stereocenters. The molecular weight excluding hydrogens is 288 g/mol. The van der Waals surface area contributed by atoms with Crippen LogP contribution >= 0.6 is 0 Å². The summed E-state index contributed by atoms with van der Waals surface area (Å²) in [6, 6.07) is 5.98. The molecule has 23 heavy (non-hydrogen) atoms. The molecule has 0 radical (unpaired) electrons. The Bertz CT molecular complexity index is 643. The van der Waals surface area contributed by atoms with E-state index < -0.39 is 0 Å². The van der Waals surface area contributed by atoms with E-state index in [1.54, 1.807) is 0 Å². The number of benzene rings is 1. The fourth-order valence-corrected chi connectivity index (χ4v) is 3.35. The number of nitrogens with zero attached hydrogens (tertiary/aromatic N) is 1. The van der Waals surface area contributed by atoms with Gasteiger partial charge in [0.05, 0.1) is 12.2 Å². The Labute approximate surface area is 137 Å². The number of nitrogens with two attached hydrogens (primary N) is 1. The third kappa shape index (κ3) is 3.48. The van der Waals surface area contributed by atoms with Crippen molar-refractivity contribution < 1.29 is 9.53 Å². The van der Waals surface area contributed by atoms with Crippen LogP contribution in [-0.2, 0) is 4.74 Å². The minimum Gasteiger partial charge on any atom is -0.399 e. The van der Waals surface area contributed by atoms with Crippen LogP contribution in [0, 0.1) is 13.8 Å². The van der Waals surface area contributed by atoms with E-state index in [2.05, 4.69) is 0 Å². The van der Waals surface area contributed by atoms with Crippen LogP contribution in [0.15, 0.2) is 42.1 Å². The average Bonchev–Trinajstić information content (AvgIpc) is 2.95. The summed E-state index contributed by atoms with van der Waals surface area (Å²) < 4.78 is 6.10. The van der Waals surface area contributed by atoms with Crippen molar-refractivity contribution in [3.8, 4) is 0 Å². The molecule has 4 heteroatoms. The van der Waals surface area contributed by atoms with Crippen molar-refractivity contribution in [1.82, 2.24) is 4.90 Å². The molecule has 3 rings (SSSR count). The number of hydrogen-bond donors (Lipinski definition) is 1. The molecule has 2 N–H and O–H groups in total. The van der Waals surface area contributed by atoms with Crippen LogP contribution in [-0.4, -0.2) is 36.1 Å². The van der Waals surface area contributed by atoms with Crippen molar-refractivity contribution in [3.63, 3.8) is 0 Å². The number of aryl methyl sites for hydroxylation is 2. The molecule has 1 aliphatic carbocycles. The Balaban J connectivity index is 1.63. The van der Waals surface area contributed by atoms with Gasteiger partial charge in [0.15, 0.2) is 0 Å². The highest BCUT2D eigenvalue weighted by Crippen LogP contribution is 2.23. The van der Waals surface area contributed by atoms with Crippen LogP contribution in [0.3, 0.4) is 0 Å². The van der Waals surface area contributed by atoms with Crippen molar-refractivity contribution in [3.05, 3.63) is 58.8 Å². The van der Waals surface area contributed by atoms with E-state index in [1.165, 1.54) is 0 Å². The summed E-state index contributed by atoms with van der Waals surface area (Å²) in [6.45, 7) is 5.39. The Morgan fingerprint density at radius 3 is 2.74 bits per heavy atom. The maximum atomic E-state index is 12.8. The largest absolute Gasteiger partial charge is 0.399 e. The smallest absolute Gasteiger partial charge is 0.254 e. The lowest BCUT2D eigenvalue weighted by Gasteiger charge is -2.22. The number of likely N-dealkylation sites (tertiary alicyclic amines) is 1. The number of rotatable bonds is 3. The second-order valence-electron chi connectivity index (χ2n) is 6.41. The van der Waals surface area contributed by atoms with E-state index in [9.17, 15) is 4.79 Å². The molecule has 0 spiro atoms. The molecule has 1 aromatic rings. The quantitative estimate of drug-likeness (QED) is 0.933. The van der Waals surface area contributed by atoms with Crippen LogP contribution in [0.5, 0.6) is 0 Å². The summed E-state index contributed by atoms with van der Waals surface area (Å²) in [5.41, 5.74) is 9.47. The van der Waals surface area contributed by atoms with E-state index in [4.69, 9.17) is 10.5 Å². The third-order valence-electron chi connectivity index (χ3n) is 4.55. The summed E-state index contributed by atoms with van der Waals surface area (Å²) in [5, 5.41) is 0. The number of hydrogen-bond acceptors (Lipinski definition) is 3.